The van der Waals surface area contributed by atoms with E-state index >= 15 is 0 Å². The number of ketones is 1. The lowest BCUT2D eigenvalue weighted by Gasteiger charge is -2.60. The minimum Gasteiger partial charge on any atom is -0.484 e. The fraction of sp³-hybridized carbons (Fsp3) is 0.515. The molecule has 5 fully saturated rings. The highest BCUT2D eigenvalue weighted by atomic mass is 19.4. The lowest BCUT2D eigenvalue weighted by molar-refractivity contribution is -0.571. The largest absolute Gasteiger partial charge is 0.484 e. The standard InChI is InChI=1S/C33H36F3NO7/c1-19-4-14-26-20(2)29(41-30-32(26)25(19)16-17-31(3,42-30)43-44-32)37-28(39)18-40-24-12-8-22(9-13-24)27(38)15-7-21-5-10-23(11-6-21)33(34,35)36/h5-13,15,19-20,25-26,29-30H,4,14,16-18H2,1-3H3,(H,37,39)/b15-7+/t19-,20-,25+,26+,29-,30-,31+,32-/m1/s1. The van der Waals surface area contributed by atoms with Crippen LogP contribution in [0.3, 0.4) is 0 Å². The molecule has 4 heterocycles. The highest BCUT2D eigenvalue weighted by Gasteiger charge is 2.69. The number of halogens is 3. The van der Waals surface area contributed by atoms with Crippen LogP contribution in [-0.2, 0) is 30.2 Å². The van der Waals surface area contributed by atoms with Crippen LogP contribution < -0.4 is 10.1 Å². The zero-order valence-corrected chi connectivity index (χ0v) is 24.8. The molecule has 1 spiro atoms. The Balaban J connectivity index is 1.04. The molecule has 0 radical (unpaired) electrons. The second-order valence-corrected chi connectivity index (χ2v) is 12.5. The number of benzene rings is 2. The Morgan fingerprint density at radius 3 is 2.43 bits per heavy atom. The monoisotopic (exact) mass is 615 g/mol. The van der Waals surface area contributed by atoms with Gasteiger partial charge in [-0.1, -0.05) is 32.1 Å². The van der Waals surface area contributed by atoms with Crippen LogP contribution in [-0.4, -0.2) is 42.2 Å². The second kappa shape index (κ2) is 11.6. The van der Waals surface area contributed by atoms with E-state index in [0.29, 0.717) is 29.2 Å². The maximum absolute atomic E-state index is 12.9. The van der Waals surface area contributed by atoms with Gasteiger partial charge in [-0.05, 0) is 86.1 Å². The number of carbonyl (C=O) groups excluding carboxylic acids is 2. The smallest absolute Gasteiger partial charge is 0.416 e. The molecule has 1 N–H and O–H groups in total. The van der Waals surface area contributed by atoms with E-state index in [1.807, 2.05) is 6.92 Å². The number of ether oxygens (including phenoxy) is 3. The zero-order chi connectivity index (χ0) is 31.3. The van der Waals surface area contributed by atoms with E-state index in [4.69, 9.17) is 24.0 Å². The summed E-state index contributed by atoms with van der Waals surface area (Å²) >= 11 is 0. The Morgan fingerprint density at radius 2 is 1.73 bits per heavy atom. The molecule has 0 aromatic heterocycles. The number of hydrogen-bond donors (Lipinski definition) is 1. The van der Waals surface area contributed by atoms with Crippen molar-refractivity contribution in [3.05, 3.63) is 71.3 Å². The van der Waals surface area contributed by atoms with E-state index in [9.17, 15) is 22.8 Å². The lowest BCUT2D eigenvalue weighted by atomic mass is 9.58. The molecule has 1 amide bonds. The first-order chi connectivity index (χ1) is 20.9. The Kier molecular flexibility index (Phi) is 8.11. The molecule has 8 nitrogen and oxygen atoms in total. The van der Waals surface area contributed by atoms with Crippen molar-refractivity contribution in [3.8, 4) is 5.75 Å². The number of alkyl halides is 3. The van der Waals surface area contributed by atoms with E-state index in [1.165, 1.54) is 24.3 Å². The molecule has 1 aliphatic carbocycles. The number of carbonyl (C=O) groups is 2. The van der Waals surface area contributed by atoms with Gasteiger partial charge in [0.1, 0.15) is 12.0 Å². The first kappa shape index (κ1) is 30.8. The molecule has 5 aliphatic rings. The van der Waals surface area contributed by atoms with Gasteiger partial charge in [-0.3, -0.25) is 9.59 Å². The van der Waals surface area contributed by atoms with Crippen molar-refractivity contribution in [1.29, 1.82) is 0 Å². The van der Waals surface area contributed by atoms with Gasteiger partial charge < -0.3 is 19.5 Å². The molecule has 2 aromatic carbocycles. The molecule has 2 aromatic rings. The minimum absolute atomic E-state index is 0.0548. The molecule has 8 atom stereocenters. The van der Waals surface area contributed by atoms with Crippen molar-refractivity contribution in [2.24, 2.45) is 23.7 Å². The van der Waals surface area contributed by atoms with Gasteiger partial charge in [-0.25, -0.2) is 9.78 Å². The summed E-state index contributed by atoms with van der Waals surface area (Å²) in [7, 11) is 0. The van der Waals surface area contributed by atoms with Crippen LogP contribution in [0.4, 0.5) is 13.2 Å². The Hall–Kier alpha value is -3.25. The molecule has 4 saturated heterocycles. The van der Waals surface area contributed by atoms with Gasteiger partial charge in [0, 0.05) is 23.8 Å². The summed E-state index contributed by atoms with van der Waals surface area (Å²) in [6.45, 7) is 5.90. The Bertz CT molecular complexity index is 1410. The summed E-state index contributed by atoms with van der Waals surface area (Å²) in [5, 5.41) is 2.96. The summed E-state index contributed by atoms with van der Waals surface area (Å²) in [6.07, 6.45) is 0.659. The van der Waals surface area contributed by atoms with E-state index in [1.54, 1.807) is 24.3 Å². The van der Waals surface area contributed by atoms with Gasteiger partial charge in [0.2, 0.25) is 5.79 Å². The van der Waals surface area contributed by atoms with Crippen molar-refractivity contribution in [2.45, 2.75) is 76.5 Å². The average molecular weight is 616 g/mol. The Labute approximate surface area is 253 Å². The molecular formula is C33H36F3NO7. The summed E-state index contributed by atoms with van der Waals surface area (Å²) in [5.74, 6) is -0.502. The van der Waals surface area contributed by atoms with Crippen molar-refractivity contribution >= 4 is 17.8 Å². The fourth-order valence-electron chi connectivity index (χ4n) is 7.19. The molecule has 1 saturated carbocycles. The highest BCUT2D eigenvalue weighted by Crippen LogP contribution is 2.60. The maximum atomic E-state index is 12.9. The summed E-state index contributed by atoms with van der Waals surface area (Å²) < 4.78 is 56.6. The third-order valence-electron chi connectivity index (χ3n) is 9.64. The zero-order valence-electron chi connectivity index (χ0n) is 24.8. The fourth-order valence-corrected chi connectivity index (χ4v) is 7.19. The van der Waals surface area contributed by atoms with Gasteiger partial charge in [0.05, 0.1) is 5.56 Å². The van der Waals surface area contributed by atoms with E-state index in [0.717, 1.165) is 31.4 Å². The topological polar surface area (TPSA) is 92.3 Å². The third-order valence-corrected chi connectivity index (χ3v) is 9.64. The van der Waals surface area contributed by atoms with E-state index in [2.05, 4.69) is 19.2 Å². The summed E-state index contributed by atoms with van der Waals surface area (Å²) in [4.78, 5) is 37.5. The molecule has 11 heteroatoms. The van der Waals surface area contributed by atoms with Gasteiger partial charge in [-0.2, -0.15) is 13.2 Å². The van der Waals surface area contributed by atoms with Crippen molar-refractivity contribution in [2.75, 3.05) is 6.61 Å². The first-order valence-electron chi connectivity index (χ1n) is 15.0. The van der Waals surface area contributed by atoms with Crippen molar-refractivity contribution < 1.29 is 46.7 Å². The van der Waals surface area contributed by atoms with Crippen LogP contribution in [0.15, 0.2) is 54.6 Å². The summed E-state index contributed by atoms with van der Waals surface area (Å²) in [6, 6.07) is 10.8. The first-order valence-corrected chi connectivity index (χ1v) is 15.0. The van der Waals surface area contributed by atoms with E-state index < -0.39 is 35.6 Å². The number of amides is 1. The van der Waals surface area contributed by atoms with Crippen LogP contribution in [0.1, 0.15) is 67.9 Å². The van der Waals surface area contributed by atoms with Crippen LogP contribution in [0.5, 0.6) is 5.75 Å². The summed E-state index contributed by atoms with van der Waals surface area (Å²) in [5.41, 5.74) is -0.636. The molecular weight excluding hydrogens is 579 g/mol. The quantitative estimate of drug-likeness (QED) is 0.222. The number of fused-ring (bicyclic) bond motifs is 2. The van der Waals surface area contributed by atoms with Gasteiger partial charge >= 0.3 is 6.18 Å². The number of nitrogens with one attached hydrogen (secondary N) is 1. The van der Waals surface area contributed by atoms with Crippen LogP contribution in [0, 0.1) is 23.7 Å². The number of rotatable bonds is 7. The second-order valence-electron chi connectivity index (χ2n) is 12.5. The lowest BCUT2D eigenvalue weighted by Crippen LogP contribution is -2.72. The van der Waals surface area contributed by atoms with Crippen LogP contribution >= 0.6 is 0 Å². The number of allylic oxidation sites excluding steroid dienone is 1. The normalized spacial score (nSPS) is 34.7. The third kappa shape index (κ3) is 5.78. The van der Waals surface area contributed by atoms with Crippen LogP contribution in [0.2, 0.25) is 0 Å². The minimum atomic E-state index is -4.42. The molecule has 4 aliphatic heterocycles. The molecule has 44 heavy (non-hydrogen) atoms. The van der Waals surface area contributed by atoms with E-state index in [-0.39, 0.29) is 36.1 Å². The highest BCUT2D eigenvalue weighted by molar-refractivity contribution is 6.06. The maximum Gasteiger partial charge on any atom is 0.416 e. The predicted octanol–water partition coefficient (Wildman–Crippen LogP) is 6.30. The van der Waals surface area contributed by atoms with Gasteiger partial charge in [-0.15, -0.1) is 0 Å². The molecule has 0 unspecified atom stereocenters. The van der Waals surface area contributed by atoms with Crippen molar-refractivity contribution in [1.82, 2.24) is 5.32 Å². The van der Waals surface area contributed by atoms with Crippen molar-refractivity contribution in [3.63, 3.8) is 0 Å². The SMILES string of the molecule is C[C@H]1[C@H](NC(=O)COc2ccc(C(=O)/C=C/c3ccc(C(F)(F)F)cc3)cc2)O[C@@H]2O[C@]3(C)CC[C@H]4[C@H](C)CC[C@@H]1[C@@]24OO3. The molecule has 2 bridgehead atoms. The van der Waals surface area contributed by atoms with Gasteiger partial charge in [0.25, 0.3) is 5.91 Å². The molecule has 7 rings (SSSR count). The van der Waals surface area contributed by atoms with Gasteiger partial charge in [0.15, 0.2) is 24.3 Å². The van der Waals surface area contributed by atoms with Crippen LogP contribution in [0.25, 0.3) is 6.08 Å². The predicted molar refractivity (Wildman–Crippen MR) is 152 cm³/mol. The number of hydrogen-bond acceptors (Lipinski definition) is 7. The average Bonchev–Trinajstić information content (AvgIpc) is 3.23. The Morgan fingerprint density at radius 1 is 1.00 bits per heavy atom. The molecule has 236 valence electrons.